The molecule has 21 heavy (non-hydrogen) atoms. The van der Waals surface area contributed by atoms with Crippen LogP contribution in [-0.4, -0.2) is 13.2 Å². The van der Waals surface area contributed by atoms with Crippen molar-refractivity contribution < 1.29 is 9.13 Å². The van der Waals surface area contributed by atoms with Crippen molar-refractivity contribution in [3.8, 4) is 5.75 Å². The second-order valence-electron chi connectivity index (χ2n) is 5.35. The van der Waals surface area contributed by atoms with E-state index in [1.807, 2.05) is 12.1 Å². The number of hydrogen-bond donors (Lipinski definition) is 1. The highest BCUT2D eigenvalue weighted by Gasteiger charge is 2.19. The molecule has 110 valence electrons. The molecule has 0 radical (unpaired) electrons. The number of benzene rings is 2. The average molecular weight is 350 g/mol. The van der Waals surface area contributed by atoms with E-state index < -0.39 is 0 Å². The third-order valence-electron chi connectivity index (χ3n) is 3.93. The first-order valence-electron chi connectivity index (χ1n) is 7.03. The molecule has 0 saturated carbocycles. The highest BCUT2D eigenvalue weighted by molar-refractivity contribution is 9.10. The summed E-state index contributed by atoms with van der Waals surface area (Å²) >= 11 is 3.18. The van der Waals surface area contributed by atoms with E-state index in [4.69, 9.17) is 4.74 Å². The minimum absolute atomic E-state index is 0.238. The topological polar surface area (TPSA) is 21.3 Å². The highest BCUT2D eigenvalue weighted by Crippen LogP contribution is 2.28. The van der Waals surface area contributed by atoms with Gasteiger partial charge in [0.25, 0.3) is 0 Å². The van der Waals surface area contributed by atoms with Gasteiger partial charge < -0.3 is 10.1 Å². The minimum Gasteiger partial charge on any atom is -0.497 e. The Morgan fingerprint density at radius 1 is 1.19 bits per heavy atom. The zero-order valence-electron chi connectivity index (χ0n) is 11.8. The van der Waals surface area contributed by atoms with Crippen LogP contribution >= 0.6 is 15.9 Å². The van der Waals surface area contributed by atoms with E-state index >= 15 is 0 Å². The van der Waals surface area contributed by atoms with Crippen LogP contribution in [0, 0.1) is 5.82 Å². The molecular formula is C17H17BrFNO. The maximum Gasteiger partial charge on any atom is 0.139 e. The molecule has 0 bridgehead atoms. The Balaban J connectivity index is 1.74. The van der Waals surface area contributed by atoms with Gasteiger partial charge in [0.15, 0.2) is 0 Å². The SMILES string of the molecule is COc1ccc2c(c1)CC(Nc1ccc(Br)c(F)c1)CC2. The molecule has 4 heteroatoms. The van der Waals surface area contributed by atoms with Crippen molar-refractivity contribution >= 4 is 21.6 Å². The maximum absolute atomic E-state index is 13.6. The summed E-state index contributed by atoms with van der Waals surface area (Å²) in [5.41, 5.74) is 3.53. The molecule has 0 spiro atoms. The van der Waals surface area contributed by atoms with Crippen molar-refractivity contribution in [1.29, 1.82) is 0 Å². The van der Waals surface area contributed by atoms with E-state index in [2.05, 4.69) is 33.4 Å². The summed E-state index contributed by atoms with van der Waals surface area (Å²) < 4.78 is 19.3. The fourth-order valence-corrected chi connectivity index (χ4v) is 3.05. The van der Waals surface area contributed by atoms with Gasteiger partial charge in [0.1, 0.15) is 11.6 Å². The molecule has 2 aromatic rings. The Kier molecular flexibility index (Phi) is 4.15. The summed E-state index contributed by atoms with van der Waals surface area (Å²) in [6.07, 6.45) is 3.03. The molecule has 0 heterocycles. The quantitative estimate of drug-likeness (QED) is 0.876. The lowest BCUT2D eigenvalue weighted by molar-refractivity contribution is 0.413. The number of nitrogens with one attached hydrogen (secondary N) is 1. The number of methoxy groups -OCH3 is 1. The van der Waals surface area contributed by atoms with Crippen LogP contribution in [0.5, 0.6) is 5.75 Å². The van der Waals surface area contributed by atoms with Crippen LogP contribution in [0.25, 0.3) is 0 Å². The third kappa shape index (κ3) is 3.21. The maximum atomic E-state index is 13.6. The number of anilines is 1. The molecule has 0 fully saturated rings. The summed E-state index contributed by atoms with van der Waals surface area (Å²) in [6, 6.07) is 11.7. The lowest BCUT2D eigenvalue weighted by Gasteiger charge is -2.26. The van der Waals surface area contributed by atoms with Crippen molar-refractivity contribution in [3.63, 3.8) is 0 Å². The Bertz CT molecular complexity index is 659. The molecule has 1 aliphatic rings. The number of halogens is 2. The van der Waals surface area contributed by atoms with Gasteiger partial charge in [-0.25, -0.2) is 4.39 Å². The van der Waals surface area contributed by atoms with Gasteiger partial charge in [0.05, 0.1) is 11.6 Å². The van der Waals surface area contributed by atoms with Crippen LogP contribution < -0.4 is 10.1 Å². The molecule has 0 saturated heterocycles. The van der Waals surface area contributed by atoms with Crippen molar-refractivity contribution in [2.24, 2.45) is 0 Å². The van der Waals surface area contributed by atoms with Crippen LogP contribution in [0.1, 0.15) is 17.5 Å². The monoisotopic (exact) mass is 349 g/mol. The van der Waals surface area contributed by atoms with Gasteiger partial charge in [-0.1, -0.05) is 6.07 Å². The van der Waals surface area contributed by atoms with Gasteiger partial charge >= 0.3 is 0 Å². The summed E-state index contributed by atoms with van der Waals surface area (Å²) in [5.74, 6) is 0.655. The molecule has 2 nitrogen and oxygen atoms in total. The second kappa shape index (κ2) is 6.06. The molecule has 1 atom stereocenters. The Hall–Kier alpha value is -1.55. The van der Waals surface area contributed by atoms with E-state index in [1.54, 1.807) is 13.2 Å². The summed E-state index contributed by atoms with van der Waals surface area (Å²) in [6.45, 7) is 0. The summed E-state index contributed by atoms with van der Waals surface area (Å²) in [5, 5.41) is 3.43. The Morgan fingerprint density at radius 3 is 2.81 bits per heavy atom. The van der Waals surface area contributed by atoms with Gasteiger partial charge in [0, 0.05) is 11.7 Å². The van der Waals surface area contributed by atoms with Crippen molar-refractivity contribution in [2.75, 3.05) is 12.4 Å². The summed E-state index contributed by atoms with van der Waals surface area (Å²) in [7, 11) is 1.69. The second-order valence-corrected chi connectivity index (χ2v) is 6.20. The molecular weight excluding hydrogens is 333 g/mol. The molecule has 1 unspecified atom stereocenters. The van der Waals surface area contributed by atoms with Crippen LogP contribution in [0.4, 0.5) is 10.1 Å². The fourth-order valence-electron chi connectivity index (χ4n) is 2.81. The van der Waals surface area contributed by atoms with Gasteiger partial charge in [0.2, 0.25) is 0 Å². The Morgan fingerprint density at radius 2 is 2.05 bits per heavy atom. The normalized spacial score (nSPS) is 17.2. The average Bonchev–Trinajstić information content (AvgIpc) is 2.50. The van der Waals surface area contributed by atoms with Crippen molar-refractivity contribution in [3.05, 3.63) is 57.8 Å². The van der Waals surface area contributed by atoms with E-state index in [1.165, 1.54) is 17.2 Å². The first-order valence-corrected chi connectivity index (χ1v) is 7.82. The van der Waals surface area contributed by atoms with Gasteiger partial charge in [-0.2, -0.15) is 0 Å². The van der Waals surface area contributed by atoms with E-state index in [-0.39, 0.29) is 5.82 Å². The highest BCUT2D eigenvalue weighted by atomic mass is 79.9. The Labute approximate surface area is 132 Å². The molecule has 0 aromatic heterocycles. The van der Waals surface area contributed by atoms with E-state index in [0.717, 1.165) is 30.7 Å². The minimum atomic E-state index is -0.238. The van der Waals surface area contributed by atoms with Crippen LogP contribution in [0.15, 0.2) is 40.9 Å². The predicted octanol–water partition coefficient (Wildman–Crippen LogP) is 4.57. The van der Waals surface area contributed by atoms with Crippen molar-refractivity contribution in [2.45, 2.75) is 25.3 Å². The smallest absolute Gasteiger partial charge is 0.139 e. The standard InChI is InChI=1S/C17H17BrFNO/c1-21-15-6-3-11-2-4-13(8-12(11)9-15)20-14-5-7-16(18)17(19)10-14/h3,5-7,9-10,13,20H,2,4,8H2,1H3. The first kappa shape index (κ1) is 14.4. The number of hydrogen-bond acceptors (Lipinski definition) is 2. The lowest BCUT2D eigenvalue weighted by Crippen LogP contribution is -2.27. The number of ether oxygens (including phenoxy) is 1. The zero-order chi connectivity index (χ0) is 14.8. The summed E-state index contributed by atoms with van der Waals surface area (Å²) in [4.78, 5) is 0. The molecule has 3 rings (SSSR count). The fraction of sp³-hybridized carbons (Fsp3) is 0.294. The first-order chi connectivity index (χ1) is 10.2. The number of rotatable bonds is 3. The number of aryl methyl sites for hydroxylation is 1. The van der Waals surface area contributed by atoms with Crippen LogP contribution in [0.2, 0.25) is 0 Å². The molecule has 1 N–H and O–H groups in total. The van der Waals surface area contributed by atoms with E-state index in [9.17, 15) is 4.39 Å². The molecule has 0 aliphatic heterocycles. The molecule has 2 aromatic carbocycles. The molecule has 0 amide bonds. The van der Waals surface area contributed by atoms with Crippen LogP contribution in [-0.2, 0) is 12.8 Å². The zero-order valence-corrected chi connectivity index (χ0v) is 13.4. The van der Waals surface area contributed by atoms with Crippen LogP contribution in [0.3, 0.4) is 0 Å². The van der Waals surface area contributed by atoms with E-state index in [0.29, 0.717) is 10.5 Å². The largest absolute Gasteiger partial charge is 0.497 e. The third-order valence-corrected chi connectivity index (χ3v) is 4.58. The lowest BCUT2D eigenvalue weighted by atomic mass is 9.88. The van der Waals surface area contributed by atoms with Gasteiger partial charge in [-0.05, 0) is 76.7 Å². The van der Waals surface area contributed by atoms with Gasteiger partial charge in [-0.15, -0.1) is 0 Å². The van der Waals surface area contributed by atoms with Crippen molar-refractivity contribution in [1.82, 2.24) is 0 Å². The van der Waals surface area contributed by atoms with Gasteiger partial charge in [-0.3, -0.25) is 0 Å². The predicted molar refractivity (Wildman–Crippen MR) is 86.5 cm³/mol. The molecule has 1 aliphatic carbocycles. The number of fused-ring (bicyclic) bond motifs is 1.